The Hall–Kier alpha value is -2.67. The molecule has 3 fully saturated rings. The van der Waals surface area contributed by atoms with Crippen LogP contribution in [-0.4, -0.2) is 73.4 Å². The fourth-order valence-corrected chi connectivity index (χ4v) is 6.30. The molecular weight excluding hydrogens is 538 g/mol. The summed E-state index contributed by atoms with van der Waals surface area (Å²) >= 11 is 0. The van der Waals surface area contributed by atoms with Crippen molar-refractivity contribution in [1.29, 1.82) is 0 Å². The maximum absolute atomic E-state index is 13.6. The second kappa shape index (κ2) is 12.1. The molecule has 13 heteroatoms. The molecule has 2 aliphatic carbocycles. The summed E-state index contributed by atoms with van der Waals surface area (Å²) in [6, 6.07) is -1.68. The van der Waals surface area contributed by atoms with E-state index in [2.05, 4.69) is 20.1 Å². The molecule has 0 aromatic carbocycles. The molecule has 4 atom stereocenters. The molecule has 40 heavy (non-hydrogen) atoms. The second-order valence-corrected chi connectivity index (χ2v) is 14.0. The van der Waals surface area contributed by atoms with Gasteiger partial charge < -0.3 is 20.3 Å². The Morgan fingerprint density at radius 1 is 1.10 bits per heavy atom. The molecule has 0 aromatic heterocycles. The van der Waals surface area contributed by atoms with Gasteiger partial charge in [-0.2, -0.15) is 13.1 Å². The topological polar surface area (TPSA) is 163 Å². The normalized spacial score (nSPS) is 30.6. The maximum Gasteiger partial charge on any atom is 0.408 e. The quantitative estimate of drug-likeness (QED) is 0.346. The van der Waals surface area contributed by atoms with E-state index < -0.39 is 51.3 Å². The third kappa shape index (κ3) is 7.96. The lowest BCUT2D eigenvalue weighted by atomic mass is 10.0. The highest BCUT2D eigenvalue weighted by molar-refractivity contribution is 7.88. The van der Waals surface area contributed by atoms with E-state index in [-0.39, 0.29) is 24.8 Å². The molecule has 0 bridgehead atoms. The van der Waals surface area contributed by atoms with Gasteiger partial charge in [0.2, 0.25) is 11.8 Å². The van der Waals surface area contributed by atoms with E-state index >= 15 is 0 Å². The number of rotatable bonds is 6. The van der Waals surface area contributed by atoms with Crippen molar-refractivity contribution >= 4 is 34.0 Å². The molecular formula is C27H43N5O7S. The SMILES string of the molecule is CC(C)(C)OC(=O)NC1CCCCC/C=C\C2CC2(C(=O)NS(=O)(=O)NCC2CC2)NC(=O)C2CCCN2C1=O. The van der Waals surface area contributed by atoms with E-state index in [1.165, 1.54) is 4.90 Å². The molecule has 4 N–H and O–H groups in total. The summed E-state index contributed by atoms with van der Waals surface area (Å²) in [4.78, 5) is 54.5. The molecule has 1 saturated heterocycles. The van der Waals surface area contributed by atoms with Crippen LogP contribution in [-0.2, 0) is 29.3 Å². The summed E-state index contributed by atoms with van der Waals surface area (Å²) < 4.78 is 34.9. The summed E-state index contributed by atoms with van der Waals surface area (Å²) in [5, 5.41) is 5.52. The van der Waals surface area contributed by atoms with E-state index in [1.54, 1.807) is 20.8 Å². The number of ether oxygens (including phenoxy) is 1. The van der Waals surface area contributed by atoms with Crippen molar-refractivity contribution in [2.45, 2.75) is 108 Å². The lowest BCUT2D eigenvalue weighted by Crippen LogP contribution is -2.59. The molecule has 0 spiro atoms. The number of carbonyl (C=O) groups excluding carboxylic acids is 4. The first kappa shape index (κ1) is 30.3. The Morgan fingerprint density at radius 3 is 2.55 bits per heavy atom. The van der Waals surface area contributed by atoms with Gasteiger partial charge >= 0.3 is 16.3 Å². The molecule has 0 radical (unpaired) electrons. The predicted molar refractivity (Wildman–Crippen MR) is 147 cm³/mol. The van der Waals surface area contributed by atoms with Crippen LogP contribution in [0.15, 0.2) is 12.2 Å². The van der Waals surface area contributed by atoms with Gasteiger partial charge in [0, 0.05) is 19.0 Å². The van der Waals surface area contributed by atoms with Gasteiger partial charge in [-0.25, -0.2) is 9.52 Å². The third-order valence-corrected chi connectivity index (χ3v) is 8.81. The van der Waals surface area contributed by atoms with Gasteiger partial charge in [-0.05, 0) is 78.1 Å². The van der Waals surface area contributed by atoms with Crippen LogP contribution in [0.2, 0.25) is 0 Å². The number of amides is 4. The number of fused-ring (bicyclic) bond motifs is 2. The van der Waals surface area contributed by atoms with E-state index in [1.807, 2.05) is 12.2 Å². The van der Waals surface area contributed by atoms with Crippen LogP contribution in [0.25, 0.3) is 0 Å². The lowest BCUT2D eigenvalue weighted by molar-refractivity contribution is -0.141. The maximum atomic E-state index is 13.6. The van der Waals surface area contributed by atoms with Crippen molar-refractivity contribution in [2.75, 3.05) is 13.1 Å². The summed E-state index contributed by atoms with van der Waals surface area (Å²) in [6.45, 7) is 5.83. The summed E-state index contributed by atoms with van der Waals surface area (Å²) in [5.74, 6) is -1.73. The zero-order valence-corrected chi connectivity index (χ0v) is 24.5. The van der Waals surface area contributed by atoms with Gasteiger partial charge in [-0.1, -0.05) is 25.0 Å². The number of hydrogen-bond donors (Lipinski definition) is 4. The van der Waals surface area contributed by atoms with Crippen LogP contribution in [0.3, 0.4) is 0 Å². The minimum atomic E-state index is -4.08. The van der Waals surface area contributed by atoms with Crippen molar-refractivity contribution in [3.05, 3.63) is 12.2 Å². The molecule has 2 aliphatic heterocycles. The van der Waals surface area contributed by atoms with Gasteiger partial charge in [-0.15, -0.1) is 0 Å². The first-order chi connectivity index (χ1) is 18.8. The Bertz CT molecular complexity index is 1130. The van der Waals surface area contributed by atoms with E-state index in [0.29, 0.717) is 38.1 Å². The van der Waals surface area contributed by atoms with Crippen LogP contribution < -0.4 is 20.1 Å². The number of alkyl carbamates (subject to hydrolysis) is 1. The average Bonchev–Trinajstić information content (AvgIpc) is 3.75. The molecule has 0 aromatic rings. The summed E-state index contributed by atoms with van der Waals surface area (Å²) in [5.41, 5.74) is -2.14. The van der Waals surface area contributed by atoms with Crippen LogP contribution >= 0.6 is 0 Å². The Labute approximate surface area is 236 Å². The van der Waals surface area contributed by atoms with E-state index in [9.17, 15) is 27.6 Å². The number of hydrogen-bond acceptors (Lipinski definition) is 7. The predicted octanol–water partition coefficient (Wildman–Crippen LogP) is 1.63. The van der Waals surface area contributed by atoms with Gasteiger partial charge in [0.15, 0.2) is 0 Å². The molecule has 4 unspecified atom stereocenters. The summed E-state index contributed by atoms with van der Waals surface area (Å²) in [6.07, 6.45) is 9.80. The monoisotopic (exact) mass is 581 g/mol. The number of nitrogens with zero attached hydrogens (tertiary/aromatic N) is 1. The van der Waals surface area contributed by atoms with E-state index in [4.69, 9.17) is 4.74 Å². The molecule has 2 saturated carbocycles. The number of allylic oxidation sites excluding steroid dienone is 1. The van der Waals surface area contributed by atoms with Crippen molar-refractivity contribution < 1.29 is 32.3 Å². The molecule has 224 valence electrons. The van der Waals surface area contributed by atoms with Crippen molar-refractivity contribution in [1.82, 2.24) is 25.0 Å². The molecule has 4 aliphatic rings. The first-order valence-electron chi connectivity index (χ1n) is 14.4. The van der Waals surface area contributed by atoms with Crippen molar-refractivity contribution in [3.63, 3.8) is 0 Å². The smallest absolute Gasteiger partial charge is 0.408 e. The molecule has 2 heterocycles. The number of nitrogens with one attached hydrogen (secondary N) is 4. The Balaban J connectivity index is 1.51. The highest BCUT2D eigenvalue weighted by Crippen LogP contribution is 2.45. The molecule has 12 nitrogen and oxygen atoms in total. The van der Waals surface area contributed by atoms with Crippen LogP contribution in [0.5, 0.6) is 0 Å². The fourth-order valence-electron chi connectivity index (χ4n) is 5.34. The highest BCUT2D eigenvalue weighted by atomic mass is 32.2. The van der Waals surface area contributed by atoms with Crippen molar-refractivity contribution in [2.24, 2.45) is 11.8 Å². The first-order valence-corrected chi connectivity index (χ1v) is 15.9. The van der Waals surface area contributed by atoms with Gasteiger partial charge in [0.05, 0.1) is 0 Å². The van der Waals surface area contributed by atoms with Crippen LogP contribution in [0.4, 0.5) is 4.79 Å². The minimum Gasteiger partial charge on any atom is -0.444 e. The Morgan fingerprint density at radius 2 is 1.85 bits per heavy atom. The van der Waals surface area contributed by atoms with Gasteiger partial charge in [0.25, 0.3) is 5.91 Å². The largest absolute Gasteiger partial charge is 0.444 e. The average molecular weight is 582 g/mol. The number of carbonyl (C=O) groups is 4. The zero-order valence-electron chi connectivity index (χ0n) is 23.7. The van der Waals surface area contributed by atoms with E-state index in [0.717, 1.165) is 32.1 Å². The summed E-state index contributed by atoms with van der Waals surface area (Å²) in [7, 11) is -4.08. The second-order valence-electron chi connectivity index (χ2n) is 12.5. The van der Waals surface area contributed by atoms with Crippen molar-refractivity contribution in [3.8, 4) is 0 Å². The molecule has 4 rings (SSSR count). The lowest BCUT2D eigenvalue weighted by Gasteiger charge is -2.30. The standard InChI is InChI=1S/C27H43N5O7S/c1-26(2,3)39-25(36)29-20-11-8-6-4-5-7-10-19-16-27(19,24(35)31-40(37,38)28-17-18-13-14-18)30-22(33)21-12-9-15-32(21)23(20)34/h7,10,18-21,28H,4-6,8-9,11-17H2,1-3H3,(H,29,36)(H,30,33)(H,31,35)/b10-7-. The fraction of sp³-hybridized carbons (Fsp3) is 0.778. The van der Waals surface area contributed by atoms with Crippen LogP contribution in [0.1, 0.15) is 85.0 Å². The van der Waals surface area contributed by atoms with Gasteiger partial charge in [0.1, 0.15) is 23.2 Å². The third-order valence-electron chi connectivity index (χ3n) is 7.81. The zero-order chi connectivity index (χ0) is 29.1. The minimum absolute atomic E-state index is 0.267. The van der Waals surface area contributed by atoms with Crippen LogP contribution in [0, 0.1) is 11.8 Å². The Kier molecular flexibility index (Phi) is 9.13. The molecule has 4 amide bonds. The highest BCUT2D eigenvalue weighted by Gasteiger charge is 2.61. The van der Waals surface area contributed by atoms with Gasteiger partial charge in [-0.3, -0.25) is 14.4 Å².